The molecule has 0 heterocycles. The molecule has 1 aromatic rings. The van der Waals surface area contributed by atoms with Gasteiger partial charge in [-0.15, -0.1) is 0 Å². The molecular weight excluding hydrogens is 244 g/mol. The van der Waals surface area contributed by atoms with Crippen LogP contribution in [0, 0.1) is 0 Å². The number of phenols is 1. The van der Waals surface area contributed by atoms with Gasteiger partial charge in [0, 0.05) is 12.7 Å². The maximum Gasteiger partial charge on any atom is 0.303 e. The maximum atomic E-state index is 11.3. The van der Waals surface area contributed by atoms with Crippen molar-refractivity contribution in [2.75, 3.05) is 6.26 Å². The van der Waals surface area contributed by atoms with E-state index in [1.165, 1.54) is 18.2 Å². The van der Waals surface area contributed by atoms with E-state index in [4.69, 9.17) is 5.11 Å². The number of carbonyl (C=O) groups is 1. The Balaban J connectivity index is 2.88. The Kier molecular flexibility index (Phi) is 4.11. The van der Waals surface area contributed by atoms with Gasteiger partial charge in [0.1, 0.15) is 5.75 Å². The van der Waals surface area contributed by atoms with Crippen LogP contribution in [0.5, 0.6) is 5.75 Å². The van der Waals surface area contributed by atoms with Crippen molar-refractivity contribution in [3.05, 3.63) is 23.8 Å². The molecule has 0 spiro atoms. The first-order valence-electron chi connectivity index (χ1n) is 5.04. The Bertz CT molecular complexity index is 519. The molecule has 1 rings (SSSR count). The highest BCUT2D eigenvalue weighted by molar-refractivity contribution is 7.90. The minimum absolute atomic E-state index is 0.0113. The molecule has 0 fully saturated rings. The number of aliphatic carboxylic acids is 1. The monoisotopic (exact) mass is 258 g/mol. The summed E-state index contributed by atoms with van der Waals surface area (Å²) in [5.41, 5.74) is 0.453. The summed E-state index contributed by atoms with van der Waals surface area (Å²) in [6.45, 7) is 0. The maximum absolute atomic E-state index is 11.3. The first-order valence-corrected chi connectivity index (χ1v) is 6.93. The van der Waals surface area contributed by atoms with Crippen LogP contribution < -0.4 is 0 Å². The van der Waals surface area contributed by atoms with Crippen molar-refractivity contribution < 1.29 is 23.4 Å². The van der Waals surface area contributed by atoms with E-state index >= 15 is 0 Å². The van der Waals surface area contributed by atoms with Crippen LogP contribution in [0.3, 0.4) is 0 Å². The molecule has 6 heteroatoms. The zero-order chi connectivity index (χ0) is 13.1. The number of sulfone groups is 1. The highest BCUT2D eigenvalue weighted by Crippen LogP contribution is 2.22. The van der Waals surface area contributed by atoms with Crippen molar-refractivity contribution >= 4 is 15.8 Å². The Morgan fingerprint density at radius 3 is 2.53 bits per heavy atom. The van der Waals surface area contributed by atoms with Crippen LogP contribution >= 0.6 is 0 Å². The number of hydrogen-bond acceptors (Lipinski definition) is 4. The van der Waals surface area contributed by atoms with E-state index in [0.717, 1.165) is 6.26 Å². The van der Waals surface area contributed by atoms with Crippen LogP contribution in [0.1, 0.15) is 18.4 Å². The first kappa shape index (κ1) is 13.5. The number of carboxylic acid groups (broad SMARTS) is 1. The minimum Gasteiger partial charge on any atom is -0.508 e. The number of aryl methyl sites for hydroxylation is 1. The highest BCUT2D eigenvalue weighted by Gasteiger charge is 2.10. The Hall–Kier alpha value is -1.56. The van der Waals surface area contributed by atoms with Gasteiger partial charge in [0.25, 0.3) is 0 Å². The fraction of sp³-hybridized carbons (Fsp3) is 0.364. The van der Waals surface area contributed by atoms with Crippen molar-refractivity contribution in [3.8, 4) is 5.75 Å². The standard InChI is InChI=1S/C11H14O5S/c1-17(15,16)9-5-6-10(12)8(7-9)3-2-4-11(13)14/h5-7,12H,2-4H2,1H3,(H,13,14). The molecule has 0 amide bonds. The SMILES string of the molecule is CS(=O)(=O)c1ccc(O)c(CCCC(=O)O)c1. The fourth-order valence-corrected chi connectivity index (χ4v) is 2.09. The second-order valence-corrected chi connectivity index (χ2v) is 5.83. The normalized spacial score (nSPS) is 11.4. The first-order chi connectivity index (χ1) is 7.80. The van der Waals surface area contributed by atoms with Crippen LogP contribution in [0.2, 0.25) is 0 Å². The van der Waals surface area contributed by atoms with Crippen molar-refractivity contribution in [1.82, 2.24) is 0 Å². The van der Waals surface area contributed by atoms with Gasteiger partial charge >= 0.3 is 5.97 Å². The molecule has 94 valence electrons. The van der Waals surface area contributed by atoms with Crippen LogP contribution in [0.4, 0.5) is 0 Å². The van der Waals surface area contributed by atoms with E-state index < -0.39 is 15.8 Å². The largest absolute Gasteiger partial charge is 0.508 e. The van der Waals surface area contributed by atoms with Crippen LogP contribution in [0.25, 0.3) is 0 Å². The molecule has 0 aromatic heterocycles. The molecule has 0 aliphatic rings. The lowest BCUT2D eigenvalue weighted by Gasteiger charge is -2.06. The van der Waals surface area contributed by atoms with Gasteiger partial charge in [-0.3, -0.25) is 4.79 Å². The molecule has 0 radical (unpaired) electrons. The number of carboxylic acids is 1. The summed E-state index contributed by atoms with van der Waals surface area (Å²) in [7, 11) is -3.31. The van der Waals surface area contributed by atoms with Crippen molar-refractivity contribution in [2.45, 2.75) is 24.2 Å². The van der Waals surface area contributed by atoms with Gasteiger partial charge in [0.15, 0.2) is 9.84 Å². The smallest absolute Gasteiger partial charge is 0.303 e. The lowest BCUT2D eigenvalue weighted by Crippen LogP contribution is -2.00. The third kappa shape index (κ3) is 4.07. The highest BCUT2D eigenvalue weighted by atomic mass is 32.2. The van der Waals surface area contributed by atoms with Crippen LogP contribution in [-0.4, -0.2) is 30.9 Å². The number of benzene rings is 1. The number of hydrogen-bond donors (Lipinski definition) is 2. The zero-order valence-electron chi connectivity index (χ0n) is 9.38. The van der Waals surface area contributed by atoms with E-state index in [0.29, 0.717) is 18.4 Å². The second-order valence-electron chi connectivity index (χ2n) is 3.81. The van der Waals surface area contributed by atoms with Crippen molar-refractivity contribution in [2.24, 2.45) is 0 Å². The summed E-state index contributed by atoms with van der Waals surface area (Å²) in [6.07, 6.45) is 1.76. The summed E-state index contributed by atoms with van der Waals surface area (Å²) in [6, 6.07) is 4.02. The number of rotatable bonds is 5. The van der Waals surface area contributed by atoms with E-state index in [9.17, 15) is 18.3 Å². The van der Waals surface area contributed by atoms with E-state index in [2.05, 4.69) is 0 Å². The molecule has 0 bridgehead atoms. The summed E-state index contributed by atoms with van der Waals surface area (Å²) in [5.74, 6) is -0.924. The van der Waals surface area contributed by atoms with Crippen LogP contribution in [0.15, 0.2) is 23.1 Å². The topological polar surface area (TPSA) is 91.7 Å². The summed E-state index contributed by atoms with van der Waals surface area (Å²) in [4.78, 5) is 10.5. The molecular formula is C11H14O5S. The van der Waals surface area contributed by atoms with Crippen LogP contribution in [-0.2, 0) is 21.1 Å². The number of phenolic OH excluding ortho intramolecular Hbond substituents is 1. The van der Waals surface area contributed by atoms with Gasteiger partial charge < -0.3 is 10.2 Å². The molecule has 0 aliphatic carbocycles. The Morgan fingerprint density at radius 1 is 1.35 bits per heavy atom. The third-order valence-corrected chi connectivity index (χ3v) is 3.43. The minimum atomic E-state index is -3.31. The number of aromatic hydroxyl groups is 1. The second kappa shape index (κ2) is 5.18. The summed E-state index contributed by atoms with van der Waals surface area (Å²) in [5, 5.41) is 18.0. The molecule has 0 saturated heterocycles. The fourth-order valence-electron chi connectivity index (χ4n) is 1.42. The third-order valence-electron chi connectivity index (χ3n) is 2.32. The lowest BCUT2D eigenvalue weighted by atomic mass is 10.1. The molecule has 0 atom stereocenters. The average Bonchev–Trinajstić information content (AvgIpc) is 2.18. The predicted octanol–water partition coefficient (Wildman–Crippen LogP) is 1.20. The van der Waals surface area contributed by atoms with E-state index in [1.807, 2.05) is 0 Å². The van der Waals surface area contributed by atoms with Gasteiger partial charge in [-0.2, -0.15) is 0 Å². The van der Waals surface area contributed by atoms with E-state index in [-0.39, 0.29) is 17.1 Å². The zero-order valence-corrected chi connectivity index (χ0v) is 10.2. The van der Waals surface area contributed by atoms with E-state index in [1.54, 1.807) is 0 Å². The molecule has 0 aliphatic heterocycles. The molecule has 0 saturated carbocycles. The Labute approximate surface area is 99.6 Å². The summed E-state index contributed by atoms with van der Waals surface area (Å²) < 4.78 is 22.6. The van der Waals surface area contributed by atoms with Crippen molar-refractivity contribution in [1.29, 1.82) is 0 Å². The van der Waals surface area contributed by atoms with Gasteiger partial charge in [-0.05, 0) is 36.6 Å². The molecule has 5 nitrogen and oxygen atoms in total. The molecule has 0 unspecified atom stereocenters. The average molecular weight is 258 g/mol. The van der Waals surface area contributed by atoms with Gasteiger partial charge in [0.2, 0.25) is 0 Å². The molecule has 1 aromatic carbocycles. The quantitative estimate of drug-likeness (QED) is 0.828. The molecule has 17 heavy (non-hydrogen) atoms. The molecule has 2 N–H and O–H groups in total. The van der Waals surface area contributed by atoms with Crippen molar-refractivity contribution in [3.63, 3.8) is 0 Å². The summed E-state index contributed by atoms with van der Waals surface area (Å²) >= 11 is 0. The van der Waals surface area contributed by atoms with Gasteiger partial charge in [0.05, 0.1) is 4.90 Å². The lowest BCUT2D eigenvalue weighted by molar-refractivity contribution is -0.137. The Morgan fingerprint density at radius 2 is 2.00 bits per heavy atom. The predicted molar refractivity (Wildman–Crippen MR) is 61.8 cm³/mol. The van der Waals surface area contributed by atoms with Gasteiger partial charge in [-0.25, -0.2) is 8.42 Å². The van der Waals surface area contributed by atoms with Gasteiger partial charge in [-0.1, -0.05) is 0 Å².